The van der Waals surface area contributed by atoms with Crippen LogP contribution in [-0.4, -0.2) is 32.4 Å². The lowest BCUT2D eigenvalue weighted by atomic mass is 10.1. The molecule has 1 heterocycles. The molecule has 1 saturated heterocycles. The predicted molar refractivity (Wildman–Crippen MR) is 86.4 cm³/mol. The van der Waals surface area contributed by atoms with E-state index in [1.807, 2.05) is 6.92 Å². The van der Waals surface area contributed by atoms with Gasteiger partial charge in [0.25, 0.3) is 0 Å². The highest BCUT2D eigenvalue weighted by Crippen LogP contribution is 2.33. The number of piperidine rings is 1. The van der Waals surface area contributed by atoms with Crippen molar-refractivity contribution >= 4 is 33.2 Å². The number of hydrogen-bond donors (Lipinski definition) is 1. The van der Waals surface area contributed by atoms with E-state index in [0.717, 1.165) is 24.8 Å². The number of nitrogens with zero attached hydrogens (tertiary/aromatic N) is 1. The molecule has 0 bridgehead atoms. The summed E-state index contributed by atoms with van der Waals surface area (Å²) in [6.45, 7) is 2.98. The first-order valence-electron chi connectivity index (χ1n) is 7.02. The van der Waals surface area contributed by atoms with Gasteiger partial charge in [-0.1, -0.05) is 29.6 Å². The standard InChI is InChI=1S/C14H20Cl2N2O2S/c1-10-5-3-4-6-18(10)21(19,20)14-7-11(9-17-2)12(15)8-13(14)16/h7-8,10,17H,3-6,9H2,1-2H3. The van der Waals surface area contributed by atoms with Crippen molar-refractivity contribution in [2.75, 3.05) is 13.6 Å². The summed E-state index contributed by atoms with van der Waals surface area (Å²) in [7, 11) is -1.80. The fourth-order valence-electron chi connectivity index (χ4n) is 2.65. The zero-order valence-corrected chi connectivity index (χ0v) is 14.5. The van der Waals surface area contributed by atoms with Gasteiger partial charge in [-0.15, -0.1) is 0 Å². The molecule has 1 aromatic rings. The van der Waals surface area contributed by atoms with Crippen LogP contribution in [0.15, 0.2) is 17.0 Å². The molecule has 1 fully saturated rings. The smallest absolute Gasteiger partial charge is 0.244 e. The fourth-order valence-corrected chi connectivity index (χ4v) is 5.19. The largest absolute Gasteiger partial charge is 0.316 e. The highest BCUT2D eigenvalue weighted by atomic mass is 35.5. The minimum atomic E-state index is -3.58. The quantitative estimate of drug-likeness (QED) is 0.906. The van der Waals surface area contributed by atoms with Gasteiger partial charge in [-0.25, -0.2) is 8.42 Å². The van der Waals surface area contributed by atoms with Crippen molar-refractivity contribution in [2.45, 2.75) is 43.7 Å². The molecule has 0 amide bonds. The van der Waals surface area contributed by atoms with Crippen molar-refractivity contribution in [1.29, 1.82) is 0 Å². The molecule has 1 N–H and O–H groups in total. The predicted octanol–water partition coefficient (Wildman–Crippen LogP) is 3.28. The Kier molecular flexibility index (Phi) is 5.54. The van der Waals surface area contributed by atoms with Crippen molar-refractivity contribution in [3.05, 3.63) is 27.7 Å². The van der Waals surface area contributed by atoms with Crippen LogP contribution in [0.2, 0.25) is 10.0 Å². The number of rotatable bonds is 4. The van der Waals surface area contributed by atoms with Crippen molar-refractivity contribution in [2.24, 2.45) is 0 Å². The van der Waals surface area contributed by atoms with Crippen LogP contribution in [-0.2, 0) is 16.6 Å². The van der Waals surface area contributed by atoms with Gasteiger partial charge in [-0.2, -0.15) is 4.31 Å². The van der Waals surface area contributed by atoms with Crippen LogP contribution >= 0.6 is 23.2 Å². The Morgan fingerprint density at radius 2 is 2.00 bits per heavy atom. The minimum absolute atomic E-state index is 0.00300. The van der Waals surface area contributed by atoms with Crippen molar-refractivity contribution in [1.82, 2.24) is 9.62 Å². The molecule has 2 rings (SSSR count). The molecular formula is C14H20Cl2N2O2S. The molecule has 4 nitrogen and oxygen atoms in total. The second-order valence-electron chi connectivity index (χ2n) is 5.36. The summed E-state index contributed by atoms with van der Waals surface area (Å²) in [5.41, 5.74) is 0.729. The molecule has 1 atom stereocenters. The van der Waals surface area contributed by atoms with E-state index in [4.69, 9.17) is 23.2 Å². The van der Waals surface area contributed by atoms with Crippen molar-refractivity contribution in [3.8, 4) is 0 Å². The van der Waals surface area contributed by atoms with Gasteiger partial charge >= 0.3 is 0 Å². The summed E-state index contributed by atoms with van der Waals surface area (Å²) in [4.78, 5) is 0.146. The molecule has 1 aliphatic rings. The Morgan fingerprint density at radius 3 is 2.62 bits per heavy atom. The van der Waals surface area contributed by atoms with Crippen LogP contribution in [0, 0.1) is 0 Å². The lowest BCUT2D eigenvalue weighted by Gasteiger charge is -2.32. The monoisotopic (exact) mass is 350 g/mol. The first kappa shape index (κ1) is 17.0. The number of nitrogens with one attached hydrogen (secondary N) is 1. The highest BCUT2D eigenvalue weighted by Gasteiger charge is 2.32. The molecule has 1 aliphatic heterocycles. The van der Waals surface area contributed by atoms with Crippen LogP contribution in [0.4, 0.5) is 0 Å². The topological polar surface area (TPSA) is 49.4 Å². The van der Waals surface area contributed by atoms with Crippen molar-refractivity contribution in [3.63, 3.8) is 0 Å². The maximum absolute atomic E-state index is 12.9. The van der Waals surface area contributed by atoms with Gasteiger partial charge in [0.15, 0.2) is 0 Å². The maximum Gasteiger partial charge on any atom is 0.244 e. The first-order valence-corrected chi connectivity index (χ1v) is 9.22. The van der Waals surface area contributed by atoms with Gasteiger partial charge in [0.05, 0.1) is 5.02 Å². The van der Waals surface area contributed by atoms with E-state index in [1.54, 1.807) is 17.4 Å². The molecule has 118 valence electrons. The molecular weight excluding hydrogens is 331 g/mol. The van der Waals surface area contributed by atoms with Gasteiger partial charge in [-0.05, 0) is 44.5 Å². The number of hydrogen-bond acceptors (Lipinski definition) is 3. The highest BCUT2D eigenvalue weighted by molar-refractivity contribution is 7.89. The van der Waals surface area contributed by atoms with Crippen LogP contribution in [0.5, 0.6) is 0 Å². The van der Waals surface area contributed by atoms with Crippen LogP contribution < -0.4 is 5.32 Å². The summed E-state index contributed by atoms with van der Waals surface area (Å²) in [6, 6.07) is 3.10. The van der Waals surface area contributed by atoms with E-state index in [0.29, 0.717) is 18.1 Å². The van der Waals surface area contributed by atoms with Gasteiger partial charge in [0.1, 0.15) is 4.90 Å². The lowest BCUT2D eigenvalue weighted by Crippen LogP contribution is -2.42. The Bertz CT molecular complexity index is 620. The second kappa shape index (κ2) is 6.84. The minimum Gasteiger partial charge on any atom is -0.316 e. The number of halogens is 2. The van der Waals surface area contributed by atoms with E-state index >= 15 is 0 Å². The molecule has 0 radical (unpaired) electrons. The summed E-state index contributed by atoms with van der Waals surface area (Å²) in [5, 5.41) is 3.63. The van der Waals surface area contributed by atoms with Gasteiger partial charge in [0, 0.05) is 24.2 Å². The normalized spacial score (nSPS) is 20.7. The molecule has 7 heteroatoms. The van der Waals surface area contributed by atoms with Crippen molar-refractivity contribution < 1.29 is 8.42 Å². The number of benzene rings is 1. The van der Waals surface area contributed by atoms with Crippen LogP contribution in [0.3, 0.4) is 0 Å². The zero-order valence-electron chi connectivity index (χ0n) is 12.2. The average Bonchev–Trinajstić information content (AvgIpc) is 2.42. The molecule has 0 spiro atoms. The third-order valence-electron chi connectivity index (χ3n) is 3.80. The van der Waals surface area contributed by atoms with E-state index in [1.165, 1.54) is 6.07 Å². The summed E-state index contributed by atoms with van der Waals surface area (Å²) in [6.07, 6.45) is 2.83. The third-order valence-corrected chi connectivity index (χ3v) is 6.63. The Hall–Kier alpha value is -0.330. The molecule has 0 aromatic heterocycles. The molecule has 1 aromatic carbocycles. The average molecular weight is 351 g/mol. The van der Waals surface area contributed by atoms with E-state index in [9.17, 15) is 8.42 Å². The SMILES string of the molecule is CNCc1cc(S(=O)(=O)N2CCCCC2C)c(Cl)cc1Cl. The Morgan fingerprint density at radius 1 is 1.29 bits per heavy atom. The zero-order chi connectivity index (χ0) is 15.6. The molecule has 0 aliphatic carbocycles. The maximum atomic E-state index is 12.9. The van der Waals surface area contributed by atoms with Gasteiger partial charge in [0.2, 0.25) is 10.0 Å². The number of sulfonamides is 1. The van der Waals surface area contributed by atoms with Gasteiger partial charge < -0.3 is 5.32 Å². The van der Waals surface area contributed by atoms with E-state index < -0.39 is 10.0 Å². The van der Waals surface area contributed by atoms with E-state index in [2.05, 4.69) is 5.32 Å². The van der Waals surface area contributed by atoms with E-state index in [-0.39, 0.29) is 16.0 Å². The third kappa shape index (κ3) is 3.54. The van der Waals surface area contributed by atoms with Crippen LogP contribution in [0.1, 0.15) is 31.7 Å². The summed E-state index contributed by atoms with van der Waals surface area (Å²) < 4.78 is 27.3. The summed E-state index contributed by atoms with van der Waals surface area (Å²) in [5.74, 6) is 0. The van der Waals surface area contributed by atoms with Crippen LogP contribution in [0.25, 0.3) is 0 Å². The first-order chi connectivity index (χ1) is 9.87. The Labute approximate surface area is 136 Å². The second-order valence-corrected chi connectivity index (χ2v) is 8.04. The molecule has 1 unspecified atom stereocenters. The lowest BCUT2D eigenvalue weighted by molar-refractivity contribution is 0.268. The summed E-state index contributed by atoms with van der Waals surface area (Å²) >= 11 is 12.3. The van der Waals surface area contributed by atoms with Gasteiger partial charge in [-0.3, -0.25) is 0 Å². The molecule has 21 heavy (non-hydrogen) atoms. The Balaban J connectivity index is 2.46. The fraction of sp³-hybridized carbons (Fsp3) is 0.571. The molecule has 0 saturated carbocycles.